The van der Waals surface area contributed by atoms with Crippen molar-refractivity contribution in [2.24, 2.45) is 0 Å². The number of aliphatic hydroxyl groups is 1. The summed E-state index contributed by atoms with van der Waals surface area (Å²) in [6.45, 7) is -0.397. The zero-order chi connectivity index (χ0) is 41.1. The first-order valence-corrected chi connectivity index (χ1v) is 25.0. The van der Waals surface area contributed by atoms with Crippen LogP contribution in [0.3, 0.4) is 0 Å². The fraction of sp³-hybridized carbons (Fsp3) is 0.667. The first-order valence-electron chi connectivity index (χ1n) is 16.9. The number of hydrogen-bond acceptors (Lipinski definition) is 16. The number of rotatable bonds is 23. The Balaban J connectivity index is 1.08. The van der Waals surface area contributed by atoms with Gasteiger partial charge in [-0.05, 0) is 12.8 Å². The number of phosphoric acid groups is 3. The van der Waals surface area contributed by atoms with Gasteiger partial charge in [0.1, 0.15) is 12.3 Å². The minimum Gasteiger partial charge on any atom is -0.390 e. The fourth-order valence-electron chi connectivity index (χ4n) is 5.63. The molecule has 56 heavy (non-hydrogen) atoms. The van der Waals surface area contributed by atoms with E-state index in [0.717, 1.165) is 35.8 Å². The number of carbonyl (C=O) groups is 3. The third kappa shape index (κ3) is 15.6. The zero-order valence-corrected chi connectivity index (χ0v) is 34.5. The number of unbranched alkanes of at least 4 members (excludes halogenated alkanes) is 1. The number of H-pyrrole nitrogens is 1. The van der Waals surface area contributed by atoms with E-state index < -0.39 is 59.8 Å². The monoisotopic (exact) mass is 912 g/mol. The van der Waals surface area contributed by atoms with Gasteiger partial charge in [0.2, 0.25) is 11.8 Å². The molecule has 0 spiro atoms. The maximum atomic E-state index is 12.5. The fourth-order valence-corrected chi connectivity index (χ4v) is 12.1. The van der Waals surface area contributed by atoms with Crippen LogP contribution in [0, 0.1) is 0 Å². The van der Waals surface area contributed by atoms with Gasteiger partial charge in [0.15, 0.2) is 0 Å². The molecule has 1 aromatic rings. The normalized spacial score (nSPS) is 25.6. The largest absolute Gasteiger partial charge is 0.490 e. The van der Waals surface area contributed by atoms with Crippen LogP contribution in [-0.4, -0.2) is 119 Å². The van der Waals surface area contributed by atoms with Crippen LogP contribution >= 0.6 is 56.8 Å². The molecular weight excluding hydrogens is 869 g/mol. The SMILES string of the molecule is O=C(CCSSCCNC(=O)CCCCC1SCC2NC(=O)NC21)NC/C=C/c1cn(C2CC(O)C(COP(=O)(O)OP(=O)(O)OP(=O)(O)O)O2)c(=O)[nH]c1=O. The summed E-state index contributed by atoms with van der Waals surface area (Å²) in [5.74, 6) is 1.84. The number of thioether (sulfide) groups is 1. The van der Waals surface area contributed by atoms with E-state index in [2.05, 4.69) is 39.4 Å². The molecule has 4 heterocycles. The molecule has 0 aliphatic carbocycles. The zero-order valence-electron chi connectivity index (χ0n) is 29.3. The average Bonchev–Trinajstić information content (AvgIpc) is 3.76. The number of phosphoric ester groups is 1. The van der Waals surface area contributed by atoms with Crippen molar-refractivity contribution in [3.05, 3.63) is 38.7 Å². The first kappa shape index (κ1) is 46.7. The van der Waals surface area contributed by atoms with Gasteiger partial charge in [-0.15, -0.1) is 0 Å². The molecule has 1 aromatic heterocycles. The summed E-state index contributed by atoms with van der Waals surface area (Å²) in [5.41, 5.74) is -1.71. The number of amides is 4. The molecule has 3 fully saturated rings. The summed E-state index contributed by atoms with van der Waals surface area (Å²) in [7, 11) is -13.8. The molecule has 8 atom stereocenters. The van der Waals surface area contributed by atoms with Gasteiger partial charge in [-0.1, -0.05) is 40.2 Å². The molecule has 3 saturated heterocycles. The number of fused-ring (bicyclic) bond motifs is 1. The molecule has 10 N–H and O–H groups in total. The Morgan fingerprint density at radius 3 is 2.48 bits per heavy atom. The van der Waals surface area contributed by atoms with E-state index in [4.69, 9.17) is 14.5 Å². The Kier molecular flexibility index (Phi) is 17.8. The Bertz CT molecular complexity index is 1850. The van der Waals surface area contributed by atoms with Crippen LogP contribution < -0.4 is 32.5 Å². The van der Waals surface area contributed by atoms with E-state index in [0.29, 0.717) is 29.7 Å². The molecule has 4 amide bonds. The number of aromatic nitrogens is 2. The molecule has 8 unspecified atom stereocenters. The maximum Gasteiger partial charge on any atom is 0.490 e. The van der Waals surface area contributed by atoms with E-state index in [-0.39, 0.29) is 54.9 Å². The molecule has 3 aliphatic heterocycles. The lowest BCUT2D eigenvalue weighted by Crippen LogP contribution is -2.36. The Hall–Kier alpha value is -1.99. The predicted octanol–water partition coefficient (Wildman–Crippen LogP) is 0.271. The first-order chi connectivity index (χ1) is 26.3. The minimum absolute atomic E-state index is 0.00968. The number of ether oxygens (including phenoxy) is 1. The van der Waals surface area contributed by atoms with Crippen molar-refractivity contribution in [1.82, 2.24) is 30.8 Å². The van der Waals surface area contributed by atoms with E-state index in [1.54, 1.807) is 0 Å². The molecule has 3 aliphatic rings. The van der Waals surface area contributed by atoms with Gasteiger partial charge in [-0.25, -0.2) is 23.3 Å². The lowest BCUT2D eigenvalue weighted by Gasteiger charge is -2.19. The van der Waals surface area contributed by atoms with Crippen LogP contribution in [0.2, 0.25) is 0 Å². The van der Waals surface area contributed by atoms with Crippen molar-refractivity contribution in [1.29, 1.82) is 0 Å². The standard InChI is InChI=1S/C27H43N6O17P3S3/c34-18-12-23(48-19(18)14-47-52(43,44)50-53(45,46)49-51(40,41)42)33-13-16(25(37)32-27(33)39)4-3-8-28-22(36)7-10-55-56-11-9-29-21(35)6-2-1-5-20-24-17(15-54-20)30-26(38)31-24/h3-4,13,17-20,23-24,34H,1-2,5-12,14-15H2,(H,28,36)(H,29,35)(H,43,44)(H,45,46)(H2,30,31,38)(H,32,37,39)(H2,40,41,42)/b4-3+. The van der Waals surface area contributed by atoms with Crippen molar-refractivity contribution >= 4 is 80.7 Å². The summed E-state index contributed by atoms with van der Waals surface area (Å²) in [4.78, 5) is 98.9. The van der Waals surface area contributed by atoms with Crippen molar-refractivity contribution in [2.45, 2.75) is 74.3 Å². The number of nitrogens with one attached hydrogen (secondary N) is 5. The Labute approximate surface area is 331 Å². The highest BCUT2D eigenvalue weighted by Gasteiger charge is 2.44. The summed E-state index contributed by atoms with van der Waals surface area (Å²) in [5, 5.41) is 22.2. The van der Waals surface area contributed by atoms with Gasteiger partial charge in [-0.3, -0.25) is 28.5 Å². The van der Waals surface area contributed by atoms with Gasteiger partial charge >= 0.3 is 35.2 Å². The van der Waals surface area contributed by atoms with Crippen LogP contribution in [-0.2, 0) is 41.2 Å². The number of urea groups is 1. The molecule has 0 aromatic carbocycles. The van der Waals surface area contributed by atoms with Crippen molar-refractivity contribution in [2.75, 3.05) is 37.0 Å². The number of aromatic amines is 1. The number of hydrogen-bond donors (Lipinski definition) is 10. The molecule has 0 radical (unpaired) electrons. The smallest absolute Gasteiger partial charge is 0.390 e. The van der Waals surface area contributed by atoms with Crippen LogP contribution in [0.15, 0.2) is 21.9 Å². The topological polar surface area (TPSA) is 343 Å². The second-order valence-corrected chi connectivity index (χ2v) is 20.8. The van der Waals surface area contributed by atoms with Crippen molar-refractivity contribution in [3.8, 4) is 0 Å². The van der Waals surface area contributed by atoms with E-state index in [1.807, 2.05) is 11.8 Å². The minimum atomic E-state index is -5.76. The van der Waals surface area contributed by atoms with Crippen LogP contribution in [0.5, 0.6) is 0 Å². The second-order valence-electron chi connectivity index (χ2n) is 12.4. The van der Waals surface area contributed by atoms with Gasteiger partial charge < -0.3 is 50.7 Å². The number of nitrogens with zero attached hydrogens (tertiary/aromatic N) is 1. The average molecular weight is 913 g/mol. The summed E-state index contributed by atoms with van der Waals surface area (Å²) >= 11 is 1.85. The number of aliphatic hydroxyl groups excluding tert-OH is 1. The van der Waals surface area contributed by atoms with Crippen LogP contribution in [0.25, 0.3) is 6.08 Å². The molecule has 0 saturated carbocycles. The summed E-state index contributed by atoms with van der Waals surface area (Å²) < 4.78 is 52.4. The molecule has 316 valence electrons. The van der Waals surface area contributed by atoms with E-state index >= 15 is 0 Å². The highest BCUT2D eigenvalue weighted by Crippen LogP contribution is 2.66. The van der Waals surface area contributed by atoms with Gasteiger partial charge in [-0.2, -0.15) is 20.4 Å². The molecule has 23 nitrogen and oxygen atoms in total. The summed E-state index contributed by atoms with van der Waals surface area (Å²) in [6.07, 6.45) is 2.90. The number of carbonyl (C=O) groups excluding carboxylic acids is 3. The molecule has 4 rings (SSSR count). The third-order valence-corrected chi connectivity index (χ3v) is 15.8. The molecule has 0 bridgehead atoms. The van der Waals surface area contributed by atoms with Gasteiger partial charge in [0.05, 0.1) is 30.4 Å². The Morgan fingerprint density at radius 2 is 1.73 bits per heavy atom. The van der Waals surface area contributed by atoms with Gasteiger partial charge in [0.25, 0.3) is 5.56 Å². The predicted molar refractivity (Wildman–Crippen MR) is 204 cm³/mol. The van der Waals surface area contributed by atoms with E-state index in [1.165, 1.54) is 33.7 Å². The lowest BCUT2D eigenvalue weighted by atomic mass is 10.0. The lowest BCUT2D eigenvalue weighted by molar-refractivity contribution is -0.121. The van der Waals surface area contributed by atoms with Crippen molar-refractivity contribution < 1.29 is 70.6 Å². The second kappa shape index (κ2) is 21.3. The van der Waals surface area contributed by atoms with Crippen molar-refractivity contribution in [3.63, 3.8) is 0 Å². The summed E-state index contributed by atoms with van der Waals surface area (Å²) in [6, 6.07) is 0.249. The quantitative estimate of drug-likeness (QED) is 0.0305. The van der Waals surface area contributed by atoms with Crippen LogP contribution in [0.4, 0.5) is 4.79 Å². The third-order valence-electron chi connectivity index (χ3n) is 8.13. The maximum absolute atomic E-state index is 12.5. The molecule has 29 heteroatoms. The highest BCUT2D eigenvalue weighted by atomic mass is 33.1. The van der Waals surface area contributed by atoms with E-state index in [9.17, 15) is 52.6 Å². The highest BCUT2D eigenvalue weighted by molar-refractivity contribution is 8.76. The molecular formula is C27H43N6O17P3S3. The Morgan fingerprint density at radius 1 is 1.00 bits per heavy atom. The van der Waals surface area contributed by atoms with Crippen LogP contribution in [0.1, 0.15) is 50.3 Å². The van der Waals surface area contributed by atoms with Gasteiger partial charge in [0, 0.05) is 61.1 Å².